The number of aromatic nitrogens is 1. The van der Waals surface area contributed by atoms with Crippen molar-refractivity contribution >= 4 is 5.91 Å². The number of piperidine rings is 1. The Kier molecular flexibility index (Phi) is 5.02. The van der Waals surface area contributed by atoms with Gasteiger partial charge >= 0.3 is 0 Å². The predicted molar refractivity (Wildman–Crippen MR) is 77.4 cm³/mol. The van der Waals surface area contributed by atoms with Gasteiger partial charge in [0.2, 0.25) is 0 Å². The molecule has 1 aromatic heterocycles. The number of nitrogens with one attached hydrogen (secondary N) is 1. The van der Waals surface area contributed by atoms with Gasteiger partial charge in [0.25, 0.3) is 5.91 Å². The second-order valence-corrected chi connectivity index (χ2v) is 5.17. The summed E-state index contributed by atoms with van der Waals surface area (Å²) in [5, 5.41) is 3.37. The second kappa shape index (κ2) is 6.75. The molecule has 1 fully saturated rings. The summed E-state index contributed by atoms with van der Waals surface area (Å²) < 4.78 is 2.18. The van der Waals surface area contributed by atoms with Gasteiger partial charge in [-0.15, -0.1) is 0 Å². The quantitative estimate of drug-likeness (QED) is 0.885. The summed E-state index contributed by atoms with van der Waals surface area (Å²) in [7, 11) is 0. The molecule has 4 nitrogen and oxygen atoms in total. The van der Waals surface area contributed by atoms with E-state index in [0.717, 1.165) is 51.1 Å². The number of carbonyl (C=O) groups excluding carboxylic acids is 1. The third-order valence-electron chi connectivity index (χ3n) is 3.86. The summed E-state index contributed by atoms with van der Waals surface area (Å²) in [6.45, 7) is 7.87. The highest BCUT2D eigenvalue weighted by Gasteiger charge is 2.22. The minimum absolute atomic E-state index is 0.174. The Morgan fingerprint density at radius 1 is 1.42 bits per heavy atom. The number of hydrogen-bond acceptors (Lipinski definition) is 2. The Bertz CT molecular complexity index is 407. The van der Waals surface area contributed by atoms with E-state index in [1.165, 1.54) is 0 Å². The maximum atomic E-state index is 12.6. The fraction of sp³-hybridized carbons (Fsp3) is 0.667. The predicted octanol–water partition coefficient (Wildman–Crippen LogP) is 2.28. The third kappa shape index (κ3) is 3.18. The molecule has 0 radical (unpaired) electrons. The van der Waals surface area contributed by atoms with Crippen LogP contribution in [-0.4, -0.2) is 41.6 Å². The summed E-state index contributed by atoms with van der Waals surface area (Å²) in [6.07, 6.45) is 5.28. The molecule has 1 amide bonds. The molecule has 1 aliphatic rings. The average Bonchev–Trinajstić information content (AvgIpc) is 2.94. The van der Waals surface area contributed by atoms with Crippen LogP contribution in [0, 0.1) is 0 Å². The van der Waals surface area contributed by atoms with Crippen LogP contribution in [0.4, 0.5) is 0 Å². The first-order valence-electron chi connectivity index (χ1n) is 7.44. The first-order chi connectivity index (χ1) is 9.27. The molecule has 0 atom stereocenters. The van der Waals surface area contributed by atoms with Gasteiger partial charge in [0.1, 0.15) is 5.69 Å². The van der Waals surface area contributed by atoms with Gasteiger partial charge in [0.05, 0.1) is 0 Å². The Morgan fingerprint density at radius 2 is 2.16 bits per heavy atom. The molecule has 0 aromatic carbocycles. The maximum absolute atomic E-state index is 12.6. The van der Waals surface area contributed by atoms with Crippen LogP contribution in [0.1, 0.15) is 49.6 Å². The fourth-order valence-electron chi connectivity index (χ4n) is 2.81. The van der Waals surface area contributed by atoms with E-state index >= 15 is 0 Å². The SMILES string of the molecule is CCCN(CC)C(=O)c1cccn1C1CCNCC1. The molecular weight excluding hydrogens is 238 g/mol. The number of carbonyl (C=O) groups is 1. The van der Waals surface area contributed by atoms with Gasteiger partial charge in [-0.3, -0.25) is 4.79 Å². The minimum atomic E-state index is 0.174. The van der Waals surface area contributed by atoms with E-state index in [9.17, 15) is 4.79 Å². The first kappa shape index (κ1) is 14.1. The summed E-state index contributed by atoms with van der Waals surface area (Å²) in [5.41, 5.74) is 0.849. The molecule has 1 aromatic rings. The van der Waals surface area contributed by atoms with Crippen LogP contribution in [0.25, 0.3) is 0 Å². The summed E-state index contributed by atoms with van der Waals surface area (Å²) in [5.74, 6) is 0.174. The van der Waals surface area contributed by atoms with Crippen LogP contribution in [0.15, 0.2) is 18.3 Å². The summed E-state index contributed by atoms with van der Waals surface area (Å²) in [6, 6.07) is 4.42. The highest BCUT2D eigenvalue weighted by Crippen LogP contribution is 2.22. The van der Waals surface area contributed by atoms with Gasteiger partial charge in [-0.1, -0.05) is 6.92 Å². The molecule has 19 heavy (non-hydrogen) atoms. The van der Waals surface area contributed by atoms with Crippen molar-refractivity contribution in [2.75, 3.05) is 26.2 Å². The lowest BCUT2D eigenvalue weighted by molar-refractivity contribution is 0.0750. The van der Waals surface area contributed by atoms with Gasteiger partial charge < -0.3 is 14.8 Å². The van der Waals surface area contributed by atoms with E-state index in [1.54, 1.807) is 0 Å². The minimum Gasteiger partial charge on any atom is -0.340 e. The van der Waals surface area contributed by atoms with E-state index in [2.05, 4.69) is 23.0 Å². The standard InChI is InChI=1S/C15H25N3O/c1-3-11-17(4-2)15(19)14-6-5-12-18(14)13-7-9-16-10-8-13/h5-6,12-13,16H,3-4,7-11H2,1-2H3. The first-order valence-corrected chi connectivity index (χ1v) is 7.44. The molecule has 1 aliphatic heterocycles. The van der Waals surface area contributed by atoms with Crippen LogP contribution in [0.3, 0.4) is 0 Å². The lowest BCUT2D eigenvalue weighted by atomic mass is 10.1. The zero-order valence-corrected chi connectivity index (χ0v) is 12.1. The second-order valence-electron chi connectivity index (χ2n) is 5.17. The topological polar surface area (TPSA) is 37.3 Å². The third-order valence-corrected chi connectivity index (χ3v) is 3.86. The Labute approximate surface area is 115 Å². The van der Waals surface area contributed by atoms with Gasteiger partial charge in [-0.25, -0.2) is 0 Å². The Balaban J connectivity index is 2.15. The van der Waals surface area contributed by atoms with E-state index in [1.807, 2.05) is 24.0 Å². The van der Waals surface area contributed by atoms with Crippen molar-refractivity contribution in [3.8, 4) is 0 Å². The molecule has 0 bridgehead atoms. The molecular formula is C15H25N3O. The zero-order valence-electron chi connectivity index (χ0n) is 12.1. The molecule has 2 heterocycles. The van der Waals surface area contributed by atoms with Crippen molar-refractivity contribution < 1.29 is 4.79 Å². The molecule has 2 rings (SSSR count). The fourth-order valence-corrected chi connectivity index (χ4v) is 2.81. The lowest BCUT2D eigenvalue weighted by Gasteiger charge is -2.27. The van der Waals surface area contributed by atoms with Crippen molar-refractivity contribution in [2.45, 2.75) is 39.2 Å². The van der Waals surface area contributed by atoms with Crippen LogP contribution in [0.2, 0.25) is 0 Å². The van der Waals surface area contributed by atoms with Crippen LogP contribution < -0.4 is 5.32 Å². The van der Waals surface area contributed by atoms with Gasteiger partial charge in [0.15, 0.2) is 0 Å². The summed E-state index contributed by atoms with van der Waals surface area (Å²) in [4.78, 5) is 14.5. The van der Waals surface area contributed by atoms with Crippen molar-refractivity contribution in [3.05, 3.63) is 24.0 Å². The molecule has 0 saturated carbocycles. The molecule has 0 aliphatic carbocycles. The maximum Gasteiger partial charge on any atom is 0.270 e. The smallest absolute Gasteiger partial charge is 0.270 e. The van der Waals surface area contributed by atoms with Crippen molar-refractivity contribution in [2.24, 2.45) is 0 Å². The van der Waals surface area contributed by atoms with Crippen LogP contribution in [-0.2, 0) is 0 Å². The van der Waals surface area contributed by atoms with E-state index in [-0.39, 0.29) is 5.91 Å². The molecule has 1 N–H and O–H groups in total. The van der Waals surface area contributed by atoms with Crippen molar-refractivity contribution in [1.29, 1.82) is 0 Å². The monoisotopic (exact) mass is 263 g/mol. The van der Waals surface area contributed by atoms with Gasteiger partial charge in [-0.05, 0) is 51.4 Å². The average molecular weight is 263 g/mol. The Morgan fingerprint density at radius 3 is 2.79 bits per heavy atom. The molecule has 4 heteroatoms. The summed E-state index contributed by atoms with van der Waals surface area (Å²) >= 11 is 0. The highest BCUT2D eigenvalue weighted by atomic mass is 16.2. The van der Waals surface area contributed by atoms with Gasteiger partial charge in [-0.2, -0.15) is 0 Å². The van der Waals surface area contributed by atoms with E-state index in [0.29, 0.717) is 6.04 Å². The normalized spacial score (nSPS) is 16.5. The van der Waals surface area contributed by atoms with E-state index in [4.69, 9.17) is 0 Å². The molecule has 0 spiro atoms. The van der Waals surface area contributed by atoms with Crippen LogP contribution in [0.5, 0.6) is 0 Å². The highest BCUT2D eigenvalue weighted by molar-refractivity contribution is 5.92. The molecule has 1 saturated heterocycles. The van der Waals surface area contributed by atoms with Crippen molar-refractivity contribution in [3.63, 3.8) is 0 Å². The molecule has 106 valence electrons. The lowest BCUT2D eigenvalue weighted by Crippen LogP contribution is -2.35. The van der Waals surface area contributed by atoms with Crippen LogP contribution >= 0.6 is 0 Å². The largest absolute Gasteiger partial charge is 0.340 e. The van der Waals surface area contributed by atoms with Gasteiger partial charge in [0, 0.05) is 25.3 Å². The number of amides is 1. The zero-order chi connectivity index (χ0) is 13.7. The number of rotatable bonds is 5. The van der Waals surface area contributed by atoms with Crippen molar-refractivity contribution in [1.82, 2.24) is 14.8 Å². The number of nitrogens with zero attached hydrogens (tertiary/aromatic N) is 2. The Hall–Kier alpha value is -1.29. The molecule has 0 unspecified atom stereocenters. The number of hydrogen-bond donors (Lipinski definition) is 1. The van der Waals surface area contributed by atoms with E-state index < -0.39 is 0 Å².